The Morgan fingerprint density at radius 2 is 2.06 bits per heavy atom. The van der Waals surface area contributed by atoms with Gasteiger partial charge in [0.1, 0.15) is 5.69 Å². The fraction of sp³-hybridized carbons (Fsp3) is 0. The van der Waals surface area contributed by atoms with E-state index in [1.165, 1.54) is 0 Å². The highest BCUT2D eigenvalue weighted by atomic mass is 32.1. The van der Waals surface area contributed by atoms with Gasteiger partial charge in [0.15, 0.2) is 0 Å². The van der Waals surface area contributed by atoms with Crippen molar-refractivity contribution in [1.29, 1.82) is 0 Å². The van der Waals surface area contributed by atoms with Crippen LogP contribution in [-0.4, -0.2) is 15.2 Å². The Labute approximate surface area is 96.0 Å². The molecule has 0 radical (unpaired) electrons. The van der Waals surface area contributed by atoms with Crippen LogP contribution in [0.25, 0.3) is 22.4 Å². The summed E-state index contributed by atoms with van der Waals surface area (Å²) in [6.07, 6.45) is 1.73. The van der Waals surface area contributed by atoms with Crippen molar-refractivity contribution in [3.05, 3.63) is 41.4 Å². The molecule has 4 nitrogen and oxygen atoms in total. The lowest BCUT2D eigenvalue weighted by atomic mass is 10.1. The average molecular weight is 229 g/mol. The molecule has 0 spiro atoms. The largest absolute Gasteiger partial charge is 0.408 e. The standard InChI is InChI=1S/C11H7N3OS/c16-11-14-13-10(15-11)9-8-4-2-1-3-7(8)5-6-12-9/h1-6H,(H,14,16). The molecule has 0 fully saturated rings. The fourth-order valence-corrected chi connectivity index (χ4v) is 1.75. The molecular weight excluding hydrogens is 222 g/mol. The molecule has 3 aromatic rings. The van der Waals surface area contributed by atoms with E-state index in [0.29, 0.717) is 11.6 Å². The molecule has 5 heteroatoms. The van der Waals surface area contributed by atoms with E-state index in [4.69, 9.17) is 16.6 Å². The number of H-pyrrole nitrogens is 1. The van der Waals surface area contributed by atoms with Crippen molar-refractivity contribution in [2.75, 3.05) is 0 Å². The molecule has 0 atom stereocenters. The van der Waals surface area contributed by atoms with Crippen LogP contribution in [0.2, 0.25) is 0 Å². The molecule has 2 heterocycles. The number of aromatic nitrogens is 3. The quantitative estimate of drug-likeness (QED) is 0.652. The van der Waals surface area contributed by atoms with Crippen molar-refractivity contribution in [2.24, 2.45) is 0 Å². The number of aromatic amines is 1. The third-order valence-corrected chi connectivity index (χ3v) is 2.49. The topological polar surface area (TPSA) is 54.7 Å². The molecule has 0 aliphatic heterocycles. The summed E-state index contributed by atoms with van der Waals surface area (Å²) in [7, 11) is 0. The van der Waals surface area contributed by atoms with Gasteiger partial charge in [-0.2, -0.15) is 0 Å². The van der Waals surface area contributed by atoms with Gasteiger partial charge in [-0.25, -0.2) is 5.10 Å². The smallest absolute Gasteiger partial charge is 0.284 e. The van der Waals surface area contributed by atoms with Gasteiger partial charge in [0.2, 0.25) is 0 Å². The van der Waals surface area contributed by atoms with E-state index >= 15 is 0 Å². The van der Waals surface area contributed by atoms with Crippen molar-refractivity contribution in [1.82, 2.24) is 15.2 Å². The third-order valence-electron chi connectivity index (χ3n) is 2.31. The van der Waals surface area contributed by atoms with Gasteiger partial charge in [0.25, 0.3) is 10.7 Å². The molecule has 0 saturated carbocycles. The van der Waals surface area contributed by atoms with Gasteiger partial charge in [-0.1, -0.05) is 24.3 Å². The normalized spacial score (nSPS) is 10.8. The van der Waals surface area contributed by atoms with Crippen LogP contribution in [0.15, 0.2) is 40.9 Å². The Morgan fingerprint density at radius 3 is 2.88 bits per heavy atom. The molecule has 0 amide bonds. The summed E-state index contributed by atoms with van der Waals surface area (Å²) in [4.78, 5) is 4.52. The number of hydrogen-bond acceptors (Lipinski definition) is 4. The van der Waals surface area contributed by atoms with Crippen molar-refractivity contribution in [2.45, 2.75) is 0 Å². The number of benzene rings is 1. The van der Waals surface area contributed by atoms with E-state index in [0.717, 1.165) is 10.8 Å². The van der Waals surface area contributed by atoms with Gasteiger partial charge in [-0.3, -0.25) is 4.98 Å². The zero-order valence-corrected chi connectivity index (χ0v) is 8.99. The maximum Gasteiger partial charge on any atom is 0.284 e. The molecule has 0 unspecified atom stereocenters. The van der Waals surface area contributed by atoms with Crippen LogP contribution in [0.4, 0.5) is 0 Å². The minimum Gasteiger partial charge on any atom is -0.408 e. The maximum atomic E-state index is 5.26. The van der Waals surface area contributed by atoms with E-state index in [2.05, 4.69) is 15.2 Å². The lowest BCUT2D eigenvalue weighted by Crippen LogP contribution is -1.85. The van der Waals surface area contributed by atoms with Crippen LogP contribution in [-0.2, 0) is 0 Å². The molecule has 78 valence electrons. The predicted octanol–water partition coefficient (Wildman–Crippen LogP) is 2.95. The number of nitrogens with one attached hydrogen (secondary N) is 1. The molecule has 2 aromatic heterocycles. The van der Waals surface area contributed by atoms with Crippen molar-refractivity contribution in [3.8, 4) is 11.6 Å². The summed E-state index contributed by atoms with van der Waals surface area (Å²) in [5, 5.41) is 8.66. The molecule has 3 rings (SSSR count). The molecule has 0 aliphatic carbocycles. The average Bonchev–Trinajstić information content (AvgIpc) is 2.75. The molecule has 0 aliphatic rings. The molecule has 1 N–H and O–H groups in total. The second-order valence-electron chi connectivity index (χ2n) is 3.30. The second-order valence-corrected chi connectivity index (χ2v) is 3.67. The zero-order valence-electron chi connectivity index (χ0n) is 8.18. The lowest BCUT2D eigenvalue weighted by molar-refractivity contribution is 0.550. The van der Waals surface area contributed by atoms with Gasteiger partial charge >= 0.3 is 0 Å². The Morgan fingerprint density at radius 1 is 1.19 bits per heavy atom. The van der Waals surface area contributed by atoms with Crippen molar-refractivity contribution >= 4 is 23.0 Å². The van der Waals surface area contributed by atoms with Crippen molar-refractivity contribution < 1.29 is 4.42 Å². The van der Waals surface area contributed by atoms with Crippen LogP contribution in [0.3, 0.4) is 0 Å². The Hall–Kier alpha value is -2.01. The molecule has 1 aromatic carbocycles. The minimum atomic E-state index is 0.254. The highest BCUT2D eigenvalue weighted by Gasteiger charge is 2.09. The predicted molar refractivity (Wildman–Crippen MR) is 62.4 cm³/mol. The first-order valence-electron chi connectivity index (χ1n) is 4.74. The molecule has 0 saturated heterocycles. The van der Waals surface area contributed by atoms with Crippen molar-refractivity contribution in [3.63, 3.8) is 0 Å². The lowest BCUT2D eigenvalue weighted by Gasteiger charge is -2.00. The van der Waals surface area contributed by atoms with Gasteiger partial charge in [0.05, 0.1) is 0 Å². The highest BCUT2D eigenvalue weighted by molar-refractivity contribution is 7.71. The summed E-state index contributed by atoms with van der Waals surface area (Å²) in [6.45, 7) is 0. The van der Waals surface area contributed by atoms with Gasteiger partial charge in [-0.15, -0.1) is 5.10 Å². The van der Waals surface area contributed by atoms with E-state index in [-0.39, 0.29) is 4.84 Å². The Bertz CT molecular complexity index is 696. The molecule has 0 bridgehead atoms. The Kier molecular flexibility index (Phi) is 2.04. The number of fused-ring (bicyclic) bond motifs is 1. The first kappa shape index (κ1) is 9.23. The van der Waals surface area contributed by atoms with Crippen LogP contribution in [0.1, 0.15) is 0 Å². The van der Waals surface area contributed by atoms with Crippen LogP contribution < -0.4 is 0 Å². The second kappa shape index (κ2) is 3.53. The van der Waals surface area contributed by atoms with E-state index in [9.17, 15) is 0 Å². The van der Waals surface area contributed by atoms with Gasteiger partial charge in [0, 0.05) is 11.6 Å². The summed E-state index contributed by atoms with van der Waals surface area (Å²) in [6, 6.07) is 9.87. The first-order chi connectivity index (χ1) is 7.84. The number of hydrogen-bond donors (Lipinski definition) is 1. The summed E-state index contributed by atoms with van der Waals surface area (Å²) < 4.78 is 5.26. The zero-order chi connectivity index (χ0) is 11.0. The number of nitrogens with zero attached hydrogens (tertiary/aromatic N) is 2. The Balaban J connectivity index is 2.35. The van der Waals surface area contributed by atoms with E-state index in [1.807, 2.05) is 30.3 Å². The van der Waals surface area contributed by atoms with Crippen LogP contribution in [0, 0.1) is 4.84 Å². The third kappa shape index (κ3) is 1.42. The summed E-state index contributed by atoms with van der Waals surface area (Å²) >= 11 is 4.84. The van der Waals surface area contributed by atoms with Crippen LogP contribution in [0.5, 0.6) is 0 Å². The highest BCUT2D eigenvalue weighted by Crippen LogP contribution is 2.24. The fourth-order valence-electron chi connectivity index (χ4n) is 1.62. The molecule has 16 heavy (non-hydrogen) atoms. The van der Waals surface area contributed by atoms with E-state index < -0.39 is 0 Å². The minimum absolute atomic E-state index is 0.254. The summed E-state index contributed by atoms with van der Waals surface area (Å²) in [5.41, 5.74) is 0.699. The first-order valence-corrected chi connectivity index (χ1v) is 5.15. The SMILES string of the molecule is S=c1[nH]nc(-c2nccc3ccccc23)o1. The van der Waals surface area contributed by atoms with E-state index in [1.54, 1.807) is 6.20 Å². The molecular formula is C11H7N3OS. The summed E-state index contributed by atoms with van der Waals surface area (Å²) in [5.74, 6) is 0.418. The number of pyridine rings is 1. The monoisotopic (exact) mass is 229 g/mol. The number of rotatable bonds is 1. The maximum absolute atomic E-state index is 5.26. The van der Waals surface area contributed by atoms with Gasteiger partial charge in [-0.05, 0) is 23.7 Å². The van der Waals surface area contributed by atoms with Gasteiger partial charge < -0.3 is 4.42 Å². The van der Waals surface area contributed by atoms with Crippen LogP contribution >= 0.6 is 12.2 Å².